The van der Waals surface area contributed by atoms with Crippen molar-refractivity contribution in [2.45, 2.75) is 38.5 Å². The summed E-state index contributed by atoms with van der Waals surface area (Å²) in [6.45, 7) is 9.02. The van der Waals surface area contributed by atoms with Crippen LogP contribution in [0.15, 0.2) is 23.1 Å². The van der Waals surface area contributed by atoms with Crippen LogP contribution in [-0.4, -0.2) is 25.8 Å². The molecule has 0 aromatic heterocycles. The van der Waals surface area contributed by atoms with Crippen molar-refractivity contribution >= 4 is 33.2 Å². The first-order valence-corrected chi connectivity index (χ1v) is 9.38. The van der Waals surface area contributed by atoms with Gasteiger partial charge in [0.15, 0.2) is 0 Å². The summed E-state index contributed by atoms with van der Waals surface area (Å²) in [6.07, 6.45) is 0. The van der Waals surface area contributed by atoms with Crippen LogP contribution in [0.3, 0.4) is 0 Å². The molecule has 0 saturated heterocycles. The van der Waals surface area contributed by atoms with Gasteiger partial charge in [-0.1, -0.05) is 45.4 Å². The lowest BCUT2D eigenvalue weighted by molar-refractivity contribution is 0.333. The highest BCUT2D eigenvalue weighted by atomic mass is 35.5. The van der Waals surface area contributed by atoms with Gasteiger partial charge in [-0.2, -0.15) is 4.31 Å². The van der Waals surface area contributed by atoms with E-state index in [1.165, 1.54) is 10.4 Å². The standard InChI is InChI=1S/C15H23Cl2NO2S/c1-11(2)9-18(10-12(3)4)21(19,20)14-6-5-13(8-16)15(17)7-14/h5-7,11-12H,8-10H2,1-4H3. The minimum atomic E-state index is -3.53. The molecule has 0 saturated carbocycles. The molecule has 0 aliphatic heterocycles. The summed E-state index contributed by atoms with van der Waals surface area (Å²) in [5, 5.41) is 0.389. The van der Waals surface area contributed by atoms with Gasteiger partial charge in [0.25, 0.3) is 0 Å². The second-order valence-corrected chi connectivity index (χ2v) is 8.61. The van der Waals surface area contributed by atoms with Crippen LogP contribution in [0.4, 0.5) is 0 Å². The van der Waals surface area contributed by atoms with E-state index in [9.17, 15) is 8.42 Å². The first kappa shape index (κ1) is 18.8. The molecule has 1 aromatic rings. The fourth-order valence-electron chi connectivity index (χ4n) is 2.03. The van der Waals surface area contributed by atoms with Crippen molar-refractivity contribution in [2.75, 3.05) is 13.1 Å². The van der Waals surface area contributed by atoms with Gasteiger partial charge in [0.05, 0.1) is 4.90 Å². The number of sulfonamides is 1. The maximum atomic E-state index is 12.8. The summed E-state index contributed by atoms with van der Waals surface area (Å²) in [5.41, 5.74) is 0.733. The Hall–Kier alpha value is -0.290. The van der Waals surface area contributed by atoms with Crippen LogP contribution >= 0.6 is 23.2 Å². The maximum absolute atomic E-state index is 12.8. The summed E-state index contributed by atoms with van der Waals surface area (Å²) in [7, 11) is -3.53. The molecule has 0 unspecified atom stereocenters. The highest BCUT2D eigenvalue weighted by Gasteiger charge is 2.26. The molecule has 0 radical (unpaired) electrons. The van der Waals surface area contributed by atoms with Gasteiger partial charge in [-0.05, 0) is 29.5 Å². The average Bonchev–Trinajstić information content (AvgIpc) is 2.36. The molecule has 0 heterocycles. The quantitative estimate of drug-likeness (QED) is 0.683. The van der Waals surface area contributed by atoms with E-state index < -0.39 is 10.0 Å². The van der Waals surface area contributed by atoms with Gasteiger partial charge in [0.1, 0.15) is 0 Å². The van der Waals surface area contributed by atoms with E-state index in [-0.39, 0.29) is 22.6 Å². The molecule has 0 amide bonds. The van der Waals surface area contributed by atoms with Crippen LogP contribution in [0.25, 0.3) is 0 Å². The van der Waals surface area contributed by atoms with Crippen molar-refractivity contribution in [2.24, 2.45) is 11.8 Å². The molecule has 0 spiro atoms. The van der Waals surface area contributed by atoms with Crippen molar-refractivity contribution in [3.8, 4) is 0 Å². The number of nitrogens with zero attached hydrogens (tertiary/aromatic N) is 1. The van der Waals surface area contributed by atoms with Crippen molar-refractivity contribution in [3.63, 3.8) is 0 Å². The van der Waals surface area contributed by atoms with E-state index in [0.29, 0.717) is 18.1 Å². The van der Waals surface area contributed by atoms with Crippen molar-refractivity contribution in [3.05, 3.63) is 28.8 Å². The fourth-order valence-corrected chi connectivity index (χ4v) is 4.44. The summed E-state index contributed by atoms with van der Waals surface area (Å²) in [6, 6.07) is 4.74. The molecular formula is C15H23Cl2NO2S. The molecule has 0 N–H and O–H groups in total. The topological polar surface area (TPSA) is 37.4 Å². The van der Waals surface area contributed by atoms with E-state index in [1.54, 1.807) is 12.1 Å². The molecule has 6 heteroatoms. The van der Waals surface area contributed by atoms with E-state index in [2.05, 4.69) is 0 Å². The monoisotopic (exact) mass is 351 g/mol. The number of benzene rings is 1. The van der Waals surface area contributed by atoms with Crippen LogP contribution < -0.4 is 0 Å². The predicted molar refractivity (Wildman–Crippen MR) is 89.4 cm³/mol. The lowest BCUT2D eigenvalue weighted by Gasteiger charge is -2.25. The lowest BCUT2D eigenvalue weighted by Crippen LogP contribution is -2.37. The molecule has 21 heavy (non-hydrogen) atoms. The van der Waals surface area contributed by atoms with Gasteiger partial charge in [-0.3, -0.25) is 0 Å². The molecule has 0 aliphatic rings. The maximum Gasteiger partial charge on any atom is 0.243 e. The molecule has 0 bridgehead atoms. The predicted octanol–water partition coefficient (Wildman–Crippen LogP) is 4.38. The number of rotatable bonds is 7. The van der Waals surface area contributed by atoms with Gasteiger partial charge in [0, 0.05) is 24.0 Å². The zero-order valence-corrected chi connectivity index (χ0v) is 15.3. The minimum Gasteiger partial charge on any atom is -0.207 e. The molecule has 1 aromatic carbocycles. The molecule has 0 fully saturated rings. The molecule has 0 aliphatic carbocycles. The first-order valence-electron chi connectivity index (χ1n) is 7.03. The Morgan fingerprint density at radius 1 is 1.10 bits per heavy atom. The number of hydrogen-bond acceptors (Lipinski definition) is 2. The SMILES string of the molecule is CC(C)CN(CC(C)C)S(=O)(=O)c1ccc(CCl)c(Cl)c1. The largest absolute Gasteiger partial charge is 0.243 e. The zero-order valence-electron chi connectivity index (χ0n) is 12.9. The van der Waals surface area contributed by atoms with Gasteiger partial charge < -0.3 is 0 Å². The molecule has 0 atom stereocenters. The fraction of sp³-hybridized carbons (Fsp3) is 0.600. The second-order valence-electron chi connectivity index (χ2n) is 6.00. The van der Waals surface area contributed by atoms with E-state index in [0.717, 1.165) is 5.56 Å². The summed E-state index contributed by atoms with van der Waals surface area (Å²) in [4.78, 5) is 0.225. The molecule has 1 rings (SSSR count). The smallest absolute Gasteiger partial charge is 0.207 e. The van der Waals surface area contributed by atoms with Crippen LogP contribution in [0.5, 0.6) is 0 Å². The first-order chi connectivity index (χ1) is 9.68. The zero-order chi connectivity index (χ0) is 16.2. The van der Waals surface area contributed by atoms with Crippen molar-refractivity contribution < 1.29 is 8.42 Å². The third-order valence-electron chi connectivity index (χ3n) is 2.94. The Labute approximate surface area is 138 Å². The molecule has 3 nitrogen and oxygen atoms in total. The normalized spacial score (nSPS) is 12.6. The third kappa shape index (κ3) is 5.13. The Morgan fingerprint density at radius 3 is 2.00 bits per heavy atom. The second kappa shape index (κ2) is 7.82. The van der Waals surface area contributed by atoms with Gasteiger partial charge in [0.2, 0.25) is 10.0 Å². The Balaban J connectivity index is 3.18. The summed E-state index contributed by atoms with van der Waals surface area (Å²) in [5.74, 6) is 0.785. The highest BCUT2D eigenvalue weighted by molar-refractivity contribution is 7.89. The Morgan fingerprint density at radius 2 is 1.62 bits per heavy atom. The van der Waals surface area contributed by atoms with E-state index in [1.807, 2.05) is 27.7 Å². The van der Waals surface area contributed by atoms with Crippen molar-refractivity contribution in [1.82, 2.24) is 4.31 Å². The van der Waals surface area contributed by atoms with Crippen LogP contribution in [0.2, 0.25) is 5.02 Å². The number of hydrogen-bond donors (Lipinski definition) is 0. The van der Waals surface area contributed by atoms with Crippen LogP contribution in [0.1, 0.15) is 33.3 Å². The van der Waals surface area contributed by atoms with Crippen molar-refractivity contribution in [1.29, 1.82) is 0 Å². The Bertz CT molecular complexity index is 561. The molecule has 120 valence electrons. The third-order valence-corrected chi connectivity index (χ3v) is 5.41. The van der Waals surface area contributed by atoms with Gasteiger partial charge >= 0.3 is 0 Å². The van der Waals surface area contributed by atoms with Crippen LogP contribution in [0, 0.1) is 11.8 Å². The van der Waals surface area contributed by atoms with E-state index in [4.69, 9.17) is 23.2 Å². The lowest BCUT2D eigenvalue weighted by atomic mass is 10.2. The Kier molecular flexibility index (Phi) is 6.98. The number of alkyl halides is 1. The summed E-state index contributed by atoms with van der Waals surface area (Å²) < 4.78 is 27.1. The summed E-state index contributed by atoms with van der Waals surface area (Å²) >= 11 is 11.8. The number of halogens is 2. The van der Waals surface area contributed by atoms with Gasteiger partial charge in [-0.15, -0.1) is 11.6 Å². The highest BCUT2D eigenvalue weighted by Crippen LogP contribution is 2.25. The molecular weight excluding hydrogens is 329 g/mol. The van der Waals surface area contributed by atoms with E-state index >= 15 is 0 Å². The average molecular weight is 352 g/mol. The van der Waals surface area contributed by atoms with Crippen LogP contribution in [-0.2, 0) is 15.9 Å². The van der Waals surface area contributed by atoms with Gasteiger partial charge in [-0.25, -0.2) is 8.42 Å². The minimum absolute atomic E-state index is 0.225.